The summed E-state index contributed by atoms with van der Waals surface area (Å²) in [5.41, 5.74) is 3.53. The molecule has 1 fully saturated rings. The standard InChI is InChI=1S/C18H19N7.C2HF3O2/c1-2-13-11-21-17-16(13)18(23-12-22-17)25-8-6-24(7-9-25)15-4-3-5-20-14(15)10-19;3-2(4,5)1(6)7/h3-5,11-12H,2,6-9H2,1H3,(H,21,22,23);(H,6,7). The zero-order valence-corrected chi connectivity index (χ0v) is 17.1. The number of aromatic amines is 1. The van der Waals surface area contributed by atoms with Gasteiger partial charge in [0, 0.05) is 38.6 Å². The average molecular weight is 447 g/mol. The van der Waals surface area contributed by atoms with Crippen molar-refractivity contribution in [1.29, 1.82) is 5.26 Å². The van der Waals surface area contributed by atoms with Crippen molar-refractivity contribution in [1.82, 2.24) is 19.9 Å². The second-order valence-corrected chi connectivity index (χ2v) is 6.85. The first-order valence-electron chi connectivity index (χ1n) is 9.72. The number of carboxylic acid groups (broad SMARTS) is 1. The van der Waals surface area contributed by atoms with E-state index in [0.717, 1.165) is 55.1 Å². The molecule has 0 spiro atoms. The summed E-state index contributed by atoms with van der Waals surface area (Å²) in [6.07, 6.45) is 1.17. The van der Waals surface area contributed by atoms with Crippen LogP contribution in [0.4, 0.5) is 24.7 Å². The van der Waals surface area contributed by atoms with Gasteiger partial charge in [0.15, 0.2) is 5.69 Å². The number of piperazine rings is 1. The predicted molar refractivity (Wildman–Crippen MR) is 110 cm³/mol. The lowest BCUT2D eigenvalue weighted by Gasteiger charge is -2.37. The number of pyridine rings is 1. The third kappa shape index (κ3) is 4.88. The van der Waals surface area contributed by atoms with Gasteiger partial charge in [-0.3, -0.25) is 0 Å². The molecule has 1 aliphatic rings. The minimum Gasteiger partial charge on any atom is -0.475 e. The molecular weight excluding hydrogens is 427 g/mol. The number of alkyl halides is 3. The Morgan fingerprint density at radius 3 is 2.47 bits per heavy atom. The molecule has 168 valence electrons. The van der Waals surface area contributed by atoms with Crippen LogP contribution in [0.2, 0.25) is 0 Å². The van der Waals surface area contributed by atoms with Crippen LogP contribution < -0.4 is 9.80 Å². The molecule has 3 aromatic heterocycles. The van der Waals surface area contributed by atoms with E-state index in [1.54, 1.807) is 12.5 Å². The zero-order chi connectivity index (χ0) is 23.3. The van der Waals surface area contributed by atoms with Crippen molar-refractivity contribution in [3.63, 3.8) is 0 Å². The van der Waals surface area contributed by atoms with E-state index in [9.17, 15) is 18.4 Å². The van der Waals surface area contributed by atoms with E-state index in [-0.39, 0.29) is 0 Å². The number of H-pyrrole nitrogens is 1. The van der Waals surface area contributed by atoms with Gasteiger partial charge in [0.2, 0.25) is 0 Å². The van der Waals surface area contributed by atoms with Crippen molar-refractivity contribution >= 4 is 28.5 Å². The Morgan fingerprint density at radius 1 is 1.22 bits per heavy atom. The third-order valence-corrected chi connectivity index (χ3v) is 4.97. The first-order chi connectivity index (χ1) is 15.3. The summed E-state index contributed by atoms with van der Waals surface area (Å²) < 4.78 is 31.7. The first-order valence-corrected chi connectivity index (χ1v) is 9.72. The molecule has 9 nitrogen and oxygen atoms in total. The number of aryl methyl sites for hydroxylation is 1. The Kier molecular flexibility index (Phi) is 6.77. The molecule has 3 aromatic rings. The van der Waals surface area contributed by atoms with Gasteiger partial charge in [-0.1, -0.05) is 6.92 Å². The van der Waals surface area contributed by atoms with Gasteiger partial charge in [0.25, 0.3) is 0 Å². The van der Waals surface area contributed by atoms with E-state index >= 15 is 0 Å². The molecule has 0 atom stereocenters. The number of hydrogen-bond donors (Lipinski definition) is 2. The molecule has 0 bridgehead atoms. The molecule has 32 heavy (non-hydrogen) atoms. The second kappa shape index (κ2) is 9.51. The maximum Gasteiger partial charge on any atom is 0.490 e. The van der Waals surface area contributed by atoms with Crippen molar-refractivity contribution in [2.45, 2.75) is 19.5 Å². The molecule has 2 N–H and O–H groups in total. The minimum atomic E-state index is -5.08. The molecular formula is C20H20F3N7O2. The summed E-state index contributed by atoms with van der Waals surface area (Å²) in [6.45, 7) is 5.50. The summed E-state index contributed by atoms with van der Waals surface area (Å²) in [5, 5.41) is 17.5. The van der Waals surface area contributed by atoms with Crippen LogP contribution in [0.3, 0.4) is 0 Å². The van der Waals surface area contributed by atoms with E-state index in [0.29, 0.717) is 5.69 Å². The normalized spacial score (nSPS) is 14.0. The Balaban J connectivity index is 0.000000360. The van der Waals surface area contributed by atoms with E-state index in [1.807, 2.05) is 18.3 Å². The number of halogens is 3. The lowest BCUT2D eigenvalue weighted by atomic mass is 10.1. The van der Waals surface area contributed by atoms with Gasteiger partial charge in [0.1, 0.15) is 23.9 Å². The second-order valence-electron chi connectivity index (χ2n) is 6.85. The summed E-state index contributed by atoms with van der Waals surface area (Å²) in [5.74, 6) is -1.76. The average Bonchev–Trinajstić information content (AvgIpc) is 3.22. The van der Waals surface area contributed by atoms with Gasteiger partial charge >= 0.3 is 12.1 Å². The largest absolute Gasteiger partial charge is 0.490 e. The van der Waals surface area contributed by atoms with E-state index in [2.05, 4.69) is 42.7 Å². The summed E-state index contributed by atoms with van der Waals surface area (Å²) in [4.78, 5) is 29.7. The van der Waals surface area contributed by atoms with Crippen molar-refractivity contribution in [2.24, 2.45) is 0 Å². The van der Waals surface area contributed by atoms with Crippen LogP contribution in [0.1, 0.15) is 18.2 Å². The summed E-state index contributed by atoms with van der Waals surface area (Å²) in [7, 11) is 0. The Hall–Kier alpha value is -3.88. The quantitative estimate of drug-likeness (QED) is 0.629. The lowest BCUT2D eigenvalue weighted by Crippen LogP contribution is -2.47. The fourth-order valence-electron chi connectivity index (χ4n) is 3.42. The summed E-state index contributed by atoms with van der Waals surface area (Å²) in [6, 6.07) is 6.02. The number of aliphatic carboxylic acids is 1. The van der Waals surface area contributed by atoms with Crippen molar-refractivity contribution in [3.05, 3.63) is 42.1 Å². The smallest absolute Gasteiger partial charge is 0.475 e. The van der Waals surface area contributed by atoms with Crippen molar-refractivity contribution < 1.29 is 23.1 Å². The highest BCUT2D eigenvalue weighted by atomic mass is 19.4. The van der Waals surface area contributed by atoms with Crippen LogP contribution in [-0.4, -0.2) is 63.4 Å². The number of carboxylic acids is 1. The molecule has 0 aliphatic carbocycles. The SMILES string of the molecule is CCc1c[nH]c2ncnc(N3CCN(c4cccnc4C#N)CC3)c12.O=C(O)C(F)(F)F. The lowest BCUT2D eigenvalue weighted by molar-refractivity contribution is -0.192. The monoisotopic (exact) mass is 447 g/mol. The number of nitriles is 1. The number of anilines is 2. The molecule has 0 unspecified atom stereocenters. The van der Waals surface area contributed by atoms with E-state index < -0.39 is 12.1 Å². The number of fused-ring (bicyclic) bond motifs is 1. The van der Waals surface area contributed by atoms with Crippen molar-refractivity contribution in [3.8, 4) is 6.07 Å². The van der Waals surface area contributed by atoms with Crippen LogP contribution in [0.5, 0.6) is 0 Å². The molecule has 4 heterocycles. The van der Waals surface area contributed by atoms with Gasteiger partial charge in [-0.25, -0.2) is 19.7 Å². The van der Waals surface area contributed by atoms with Gasteiger partial charge in [-0.15, -0.1) is 0 Å². The van der Waals surface area contributed by atoms with Crippen LogP contribution >= 0.6 is 0 Å². The number of hydrogen-bond acceptors (Lipinski definition) is 7. The van der Waals surface area contributed by atoms with Crippen LogP contribution in [0.15, 0.2) is 30.9 Å². The van der Waals surface area contributed by atoms with Crippen molar-refractivity contribution in [2.75, 3.05) is 36.0 Å². The van der Waals surface area contributed by atoms with Crippen LogP contribution in [0.25, 0.3) is 11.0 Å². The highest BCUT2D eigenvalue weighted by Gasteiger charge is 2.38. The fraction of sp³-hybridized carbons (Fsp3) is 0.350. The van der Waals surface area contributed by atoms with Gasteiger partial charge < -0.3 is 19.9 Å². The fourth-order valence-corrected chi connectivity index (χ4v) is 3.42. The molecule has 0 saturated carbocycles. The maximum absolute atomic E-state index is 10.6. The zero-order valence-electron chi connectivity index (χ0n) is 17.1. The van der Waals surface area contributed by atoms with Crippen LogP contribution in [-0.2, 0) is 11.2 Å². The Labute approximate surface area is 181 Å². The maximum atomic E-state index is 10.6. The number of nitrogens with zero attached hydrogens (tertiary/aromatic N) is 6. The number of carbonyl (C=O) groups is 1. The molecule has 12 heteroatoms. The van der Waals surface area contributed by atoms with Gasteiger partial charge in [0.05, 0.1) is 11.1 Å². The molecule has 4 rings (SSSR count). The third-order valence-electron chi connectivity index (χ3n) is 4.97. The predicted octanol–water partition coefficient (Wildman–Crippen LogP) is 2.75. The molecule has 1 aliphatic heterocycles. The first kappa shape index (κ1) is 22.8. The van der Waals surface area contributed by atoms with E-state index in [1.165, 1.54) is 5.56 Å². The highest BCUT2D eigenvalue weighted by Crippen LogP contribution is 2.28. The number of aromatic nitrogens is 4. The molecule has 0 aromatic carbocycles. The van der Waals surface area contributed by atoms with Gasteiger partial charge in [-0.2, -0.15) is 18.4 Å². The van der Waals surface area contributed by atoms with Gasteiger partial charge in [-0.05, 0) is 24.1 Å². The minimum absolute atomic E-state index is 0.485. The topological polar surface area (TPSA) is 122 Å². The Bertz CT molecular complexity index is 1130. The molecule has 1 saturated heterocycles. The molecule has 0 radical (unpaired) electrons. The molecule has 0 amide bonds. The van der Waals surface area contributed by atoms with Crippen LogP contribution in [0, 0.1) is 11.3 Å². The highest BCUT2D eigenvalue weighted by molar-refractivity contribution is 5.91. The Morgan fingerprint density at radius 2 is 1.88 bits per heavy atom. The number of rotatable bonds is 3. The van der Waals surface area contributed by atoms with E-state index in [4.69, 9.17) is 9.90 Å². The number of nitrogens with one attached hydrogen (secondary N) is 1. The summed E-state index contributed by atoms with van der Waals surface area (Å²) >= 11 is 0.